The number of nitrogens with two attached hydrogens (primary N) is 2. The number of hydrogen-bond donors (Lipinski definition) is 2. The van der Waals surface area contributed by atoms with Crippen LogP contribution in [0.15, 0.2) is 24.6 Å². The quantitative estimate of drug-likeness (QED) is 0.630. The molecule has 0 heterocycles. The maximum Gasteiger partial charge on any atom is 0.0942 e. The molecule has 64 valence electrons. The van der Waals surface area contributed by atoms with Gasteiger partial charge in [0.25, 0.3) is 0 Å². The Morgan fingerprint density at radius 1 is 1.09 bits per heavy atom. The third kappa shape index (κ3) is 3.68. The van der Waals surface area contributed by atoms with Gasteiger partial charge in [-0.15, -0.1) is 0 Å². The maximum absolute atomic E-state index is 5.39. The van der Waals surface area contributed by atoms with Gasteiger partial charge in [-0.05, 0) is 13.8 Å². The largest absolute Gasteiger partial charge is 0.400 e. The van der Waals surface area contributed by atoms with Gasteiger partial charge in [-0.2, -0.15) is 0 Å². The molecule has 3 nitrogen and oxygen atoms in total. The molecule has 0 rings (SSSR count). The Labute approximate surface area is 67.7 Å². The Balaban J connectivity index is 3.84. The van der Waals surface area contributed by atoms with Crippen molar-refractivity contribution >= 4 is 0 Å². The Hall–Kier alpha value is -0.960. The van der Waals surface area contributed by atoms with Crippen molar-refractivity contribution in [3.8, 4) is 0 Å². The molecule has 0 bridgehead atoms. The molecule has 2 atom stereocenters. The summed E-state index contributed by atoms with van der Waals surface area (Å²) in [7, 11) is 0. The summed E-state index contributed by atoms with van der Waals surface area (Å²) in [6.07, 6.45) is -0.351. The third-order valence-electron chi connectivity index (χ3n) is 1.45. The van der Waals surface area contributed by atoms with Crippen LogP contribution in [-0.2, 0) is 4.74 Å². The normalized spacial score (nSPS) is 15.5. The van der Waals surface area contributed by atoms with Crippen molar-refractivity contribution in [1.29, 1.82) is 0 Å². The minimum atomic E-state index is -0.176. The van der Waals surface area contributed by atoms with Crippen molar-refractivity contribution in [2.24, 2.45) is 11.5 Å². The molecule has 0 aromatic carbocycles. The minimum absolute atomic E-state index is 0.176. The van der Waals surface area contributed by atoms with Gasteiger partial charge in [0.15, 0.2) is 0 Å². The summed E-state index contributed by atoms with van der Waals surface area (Å²) in [4.78, 5) is 0. The smallest absolute Gasteiger partial charge is 0.0942 e. The molecule has 0 aromatic rings. The molecule has 0 amide bonds. The van der Waals surface area contributed by atoms with E-state index in [1.165, 1.54) is 0 Å². The predicted molar refractivity (Wildman–Crippen MR) is 46.7 cm³/mol. The molecular weight excluding hydrogens is 140 g/mol. The zero-order chi connectivity index (χ0) is 9.02. The molecule has 0 spiro atoms. The molecule has 0 aliphatic rings. The van der Waals surface area contributed by atoms with Gasteiger partial charge in [0.05, 0.1) is 12.2 Å². The van der Waals surface area contributed by atoms with Crippen molar-refractivity contribution in [2.45, 2.75) is 26.1 Å². The van der Waals surface area contributed by atoms with E-state index < -0.39 is 0 Å². The number of rotatable bonds is 4. The van der Waals surface area contributed by atoms with Gasteiger partial charge in [0.1, 0.15) is 0 Å². The number of ether oxygens (including phenoxy) is 1. The van der Waals surface area contributed by atoms with E-state index in [-0.39, 0.29) is 12.2 Å². The average molecular weight is 156 g/mol. The van der Waals surface area contributed by atoms with Crippen LogP contribution in [0.25, 0.3) is 0 Å². The lowest BCUT2D eigenvalue weighted by Gasteiger charge is -2.18. The van der Waals surface area contributed by atoms with E-state index in [0.717, 1.165) is 0 Å². The van der Waals surface area contributed by atoms with Crippen LogP contribution in [0.4, 0.5) is 0 Å². The zero-order valence-corrected chi connectivity index (χ0v) is 7.13. The van der Waals surface area contributed by atoms with Crippen LogP contribution >= 0.6 is 0 Å². The molecule has 0 aromatic heterocycles. The van der Waals surface area contributed by atoms with E-state index in [1.807, 2.05) is 13.8 Å². The fraction of sp³-hybridized carbons (Fsp3) is 0.500. The zero-order valence-electron chi connectivity index (χ0n) is 7.13. The first-order valence-electron chi connectivity index (χ1n) is 3.49. The lowest BCUT2D eigenvalue weighted by atomic mass is 10.3. The van der Waals surface area contributed by atoms with Crippen molar-refractivity contribution in [3.05, 3.63) is 24.6 Å². The molecule has 0 aliphatic carbocycles. The van der Waals surface area contributed by atoms with E-state index in [2.05, 4.69) is 13.2 Å². The van der Waals surface area contributed by atoms with Gasteiger partial charge < -0.3 is 16.2 Å². The maximum atomic E-state index is 5.39. The minimum Gasteiger partial charge on any atom is -0.400 e. The fourth-order valence-corrected chi connectivity index (χ4v) is 0.481. The summed E-state index contributed by atoms with van der Waals surface area (Å²) >= 11 is 0. The SMILES string of the molecule is C=C(N)C(C)OC(C)C(=C)N. The summed E-state index contributed by atoms with van der Waals surface area (Å²) in [6, 6.07) is 0. The van der Waals surface area contributed by atoms with Crippen LogP contribution in [0.5, 0.6) is 0 Å². The van der Waals surface area contributed by atoms with E-state index in [1.54, 1.807) is 0 Å². The number of hydrogen-bond acceptors (Lipinski definition) is 3. The highest BCUT2D eigenvalue weighted by atomic mass is 16.5. The van der Waals surface area contributed by atoms with Crippen molar-refractivity contribution in [3.63, 3.8) is 0 Å². The van der Waals surface area contributed by atoms with E-state index >= 15 is 0 Å². The fourth-order valence-electron chi connectivity index (χ4n) is 0.481. The molecule has 0 saturated carbocycles. The Bertz CT molecular complexity index is 147. The topological polar surface area (TPSA) is 61.3 Å². The average Bonchev–Trinajstić information content (AvgIpc) is 1.87. The summed E-state index contributed by atoms with van der Waals surface area (Å²) in [5.41, 5.74) is 11.8. The Morgan fingerprint density at radius 3 is 1.55 bits per heavy atom. The second-order valence-corrected chi connectivity index (χ2v) is 2.57. The van der Waals surface area contributed by atoms with Crippen molar-refractivity contribution < 1.29 is 4.74 Å². The van der Waals surface area contributed by atoms with E-state index in [4.69, 9.17) is 16.2 Å². The van der Waals surface area contributed by atoms with Crippen LogP contribution in [0, 0.1) is 0 Å². The summed E-state index contributed by atoms with van der Waals surface area (Å²) in [6.45, 7) is 10.7. The van der Waals surface area contributed by atoms with Gasteiger partial charge in [0.2, 0.25) is 0 Å². The van der Waals surface area contributed by atoms with Crippen LogP contribution < -0.4 is 11.5 Å². The summed E-state index contributed by atoms with van der Waals surface area (Å²) in [5, 5.41) is 0. The van der Waals surface area contributed by atoms with Gasteiger partial charge >= 0.3 is 0 Å². The standard InChI is InChI=1S/C8H16N2O/c1-5(9)7(3)11-8(4)6(2)10/h7-8H,1-2,9-10H2,3-4H3. The van der Waals surface area contributed by atoms with E-state index in [9.17, 15) is 0 Å². The summed E-state index contributed by atoms with van der Waals surface area (Å²) in [5.74, 6) is 0. The molecule has 0 fully saturated rings. The predicted octanol–water partition coefficient (Wildman–Crippen LogP) is 0.725. The van der Waals surface area contributed by atoms with Crippen LogP contribution in [0.3, 0.4) is 0 Å². The highest BCUT2D eigenvalue weighted by Crippen LogP contribution is 2.05. The lowest BCUT2D eigenvalue weighted by molar-refractivity contribution is 0.0484. The second kappa shape index (κ2) is 4.03. The first-order valence-corrected chi connectivity index (χ1v) is 3.49. The van der Waals surface area contributed by atoms with Crippen molar-refractivity contribution in [2.75, 3.05) is 0 Å². The van der Waals surface area contributed by atoms with Gasteiger partial charge in [-0.3, -0.25) is 0 Å². The van der Waals surface area contributed by atoms with Crippen LogP contribution in [-0.4, -0.2) is 12.2 Å². The monoisotopic (exact) mass is 156 g/mol. The first-order chi connectivity index (χ1) is 4.95. The highest BCUT2D eigenvalue weighted by Gasteiger charge is 2.09. The molecule has 11 heavy (non-hydrogen) atoms. The second-order valence-electron chi connectivity index (χ2n) is 2.57. The molecule has 4 N–H and O–H groups in total. The molecule has 0 saturated heterocycles. The van der Waals surface area contributed by atoms with E-state index in [0.29, 0.717) is 11.4 Å². The van der Waals surface area contributed by atoms with Gasteiger partial charge in [0, 0.05) is 11.4 Å². The molecule has 0 aliphatic heterocycles. The van der Waals surface area contributed by atoms with Gasteiger partial charge in [-0.1, -0.05) is 13.2 Å². The van der Waals surface area contributed by atoms with Crippen LogP contribution in [0.2, 0.25) is 0 Å². The highest BCUT2D eigenvalue weighted by molar-refractivity contribution is 4.98. The Kier molecular flexibility index (Phi) is 3.68. The van der Waals surface area contributed by atoms with Gasteiger partial charge in [-0.25, -0.2) is 0 Å². The Morgan fingerprint density at radius 2 is 1.36 bits per heavy atom. The molecular formula is C8H16N2O. The first kappa shape index (κ1) is 10.0. The summed E-state index contributed by atoms with van der Waals surface area (Å²) < 4.78 is 5.32. The van der Waals surface area contributed by atoms with Crippen LogP contribution in [0.1, 0.15) is 13.8 Å². The lowest BCUT2D eigenvalue weighted by Crippen LogP contribution is -2.25. The molecule has 3 heteroatoms. The van der Waals surface area contributed by atoms with Crippen molar-refractivity contribution in [1.82, 2.24) is 0 Å². The molecule has 2 unspecified atom stereocenters. The third-order valence-corrected chi connectivity index (χ3v) is 1.45. The molecule has 0 radical (unpaired) electrons.